The Hall–Kier alpha value is -2.04. The molecule has 0 bridgehead atoms. The lowest BCUT2D eigenvalue weighted by Gasteiger charge is -2.10. The molecule has 4 heteroatoms. The van der Waals surface area contributed by atoms with Crippen LogP contribution in [0.2, 0.25) is 0 Å². The highest BCUT2D eigenvalue weighted by atomic mass is 79.9. The summed E-state index contributed by atoms with van der Waals surface area (Å²) in [5.74, 6) is 0.273. The smallest absolute Gasteiger partial charge is 0.324 e. The normalized spacial score (nSPS) is 12.0. The van der Waals surface area contributed by atoms with Gasteiger partial charge >= 0.3 is 5.97 Å². The fourth-order valence-corrected chi connectivity index (χ4v) is 4.60. The molecule has 0 amide bonds. The summed E-state index contributed by atoms with van der Waals surface area (Å²) in [6.07, 6.45) is 0. The third kappa shape index (κ3) is 4.53. The van der Waals surface area contributed by atoms with E-state index in [1.165, 1.54) is 9.79 Å². The van der Waals surface area contributed by atoms with Gasteiger partial charge in [-0.15, -0.1) is 0 Å². The van der Waals surface area contributed by atoms with Crippen molar-refractivity contribution in [3.8, 4) is 5.75 Å². The van der Waals surface area contributed by atoms with Crippen LogP contribution in [0.3, 0.4) is 0 Å². The minimum atomic E-state index is -0.336. The van der Waals surface area contributed by atoms with Crippen molar-refractivity contribution in [3.05, 3.63) is 84.9 Å². The molecule has 1 unspecified atom stereocenters. The lowest BCUT2D eigenvalue weighted by molar-refractivity contribution is -0.133. The summed E-state index contributed by atoms with van der Waals surface area (Å²) >= 11 is 3.25. The Morgan fingerprint density at radius 1 is 0.840 bits per heavy atom. The van der Waals surface area contributed by atoms with Gasteiger partial charge in [0.2, 0.25) is 0 Å². The maximum atomic E-state index is 11.9. The maximum absolute atomic E-state index is 11.9. The van der Waals surface area contributed by atoms with E-state index in [0.29, 0.717) is 5.75 Å². The molecule has 0 radical (unpaired) electrons. The highest BCUT2D eigenvalue weighted by Gasteiger charge is 2.28. The molecule has 0 aliphatic carbocycles. The molecule has 25 heavy (non-hydrogen) atoms. The van der Waals surface area contributed by atoms with Crippen molar-refractivity contribution < 1.29 is 9.53 Å². The first kappa shape index (κ1) is 17.8. The molecule has 3 rings (SSSR count). The predicted octanol–water partition coefficient (Wildman–Crippen LogP) is 5.47. The van der Waals surface area contributed by atoms with Gasteiger partial charge in [-0.1, -0.05) is 58.4 Å². The van der Waals surface area contributed by atoms with Crippen molar-refractivity contribution in [2.75, 3.05) is 0 Å². The fourth-order valence-electron chi connectivity index (χ4n) is 2.38. The van der Waals surface area contributed by atoms with E-state index < -0.39 is 0 Å². The molecular formula is C21H18BrO2S+. The van der Waals surface area contributed by atoms with E-state index >= 15 is 0 Å². The van der Waals surface area contributed by atoms with Gasteiger partial charge in [0.05, 0.1) is 10.9 Å². The number of hydrogen-bond donors (Lipinski definition) is 0. The van der Waals surface area contributed by atoms with E-state index in [2.05, 4.69) is 70.5 Å². The van der Waals surface area contributed by atoms with Gasteiger partial charge in [-0.2, -0.15) is 0 Å². The molecule has 0 fully saturated rings. The lowest BCUT2D eigenvalue weighted by atomic mass is 10.3. The number of rotatable bonds is 5. The minimum absolute atomic E-state index is 0.253. The van der Waals surface area contributed by atoms with Crippen LogP contribution in [0.5, 0.6) is 5.75 Å². The Labute approximate surface area is 159 Å². The molecule has 0 N–H and O–H groups in total. The van der Waals surface area contributed by atoms with Crippen LogP contribution >= 0.6 is 15.9 Å². The quantitative estimate of drug-likeness (QED) is 0.240. The van der Waals surface area contributed by atoms with Gasteiger partial charge in [0.25, 0.3) is 0 Å². The maximum Gasteiger partial charge on any atom is 0.324 e. The summed E-state index contributed by atoms with van der Waals surface area (Å²) in [6, 6.07) is 28.6. The van der Waals surface area contributed by atoms with Crippen molar-refractivity contribution in [2.24, 2.45) is 0 Å². The zero-order valence-corrected chi connectivity index (χ0v) is 16.2. The Bertz CT molecular complexity index is 795. The Morgan fingerprint density at radius 2 is 1.36 bits per heavy atom. The van der Waals surface area contributed by atoms with Crippen LogP contribution in [0, 0.1) is 0 Å². The van der Waals surface area contributed by atoms with Crippen molar-refractivity contribution in [1.29, 1.82) is 0 Å². The monoisotopic (exact) mass is 413 g/mol. The molecule has 0 heterocycles. The van der Waals surface area contributed by atoms with E-state index in [-0.39, 0.29) is 21.7 Å². The first-order valence-electron chi connectivity index (χ1n) is 7.95. The van der Waals surface area contributed by atoms with Crippen LogP contribution in [0.1, 0.15) is 6.92 Å². The topological polar surface area (TPSA) is 26.3 Å². The third-order valence-electron chi connectivity index (χ3n) is 3.54. The second-order valence-electron chi connectivity index (χ2n) is 5.44. The largest absolute Gasteiger partial charge is 0.426 e. The average molecular weight is 414 g/mol. The summed E-state index contributed by atoms with van der Waals surface area (Å²) < 4.78 is 5.46. The van der Waals surface area contributed by atoms with E-state index in [1.54, 1.807) is 6.92 Å². The highest BCUT2D eigenvalue weighted by Crippen LogP contribution is 2.32. The van der Waals surface area contributed by atoms with Gasteiger partial charge in [0.1, 0.15) is 10.6 Å². The molecule has 0 aliphatic heterocycles. The summed E-state index contributed by atoms with van der Waals surface area (Å²) in [7, 11) is -0.253. The van der Waals surface area contributed by atoms with Crippen LogP contribution in [0.25, 0.3) is 0 Å². The van der Waals surface area contributed by atoms with Crippen molar-refractivity contribution in [3.63, 3.8) is 0 Å². The molecule has 0 spiro atoms. The van der Waals surface area contributed by atoms with Crippen molar-refractivity contribution in [1.82, 2.24) is 0 Å². The molecular weight excluding hydrogens is 396 g/mol. The van der Waals surface area contributed by atoms with Gasteiger partial charge in [0.15, 0.2) is 14.7 Å². The summed E-state index contributed by atoms with van der Waals surface area (Å²) in [6.45, 7) is 1.75. The van der Waals surface area contributed by atoms with Crippen LogP contribution in [-0.2, 0) is 15.7 Å². The van der Waals surface area contributed by atoms with Crippen molar-refractivity contribution >= 4 is 32.8 Å². The number of ether oxygens (including phenoxy) is 1. The van der Waals surface area contributed by atoms with Gasteiger partial charge in [0, 0.05) is 6.07 Å². The van der Waals surface area contributed by atoms with Gasteiger partial charge < -0.3 is 4.74 Å². The van der Waals surface area contributed by atoms with Crippen LogP contribution in [0.15, 0.2) is 99.6 Å². The number of benzene rings is 3. The van der Waals surface area contributed by atoms with Gasteiger partial charge in [-0.3, -0.25) is 4.79 Å². The predicted molar refractivity (Wildman–Crippen MR) is 106 cm³/mol. The fraction of sp³-hybridized carbons (Fsp3) is 0.0952. The standard InChI is InChI=1S/C21H18BrO2S/c1-16(22)21(23)24-17-9-8-14-20(15-17)25(18-10-4-2-5-11-18)19-12-6-3-7-13-19/h2-16H,1H3/q+1. The molecule has 2 nitrogen and oxygen atoms in total. The molecule has 3 aromatic carbocycles. The lowest BCUT2D eigenvalue weighted by Crippen LogP contribution is -2.17. The second-order valence-corrected chi connectivity index (χ2v) is 8.84. The number of alkyl halides is 1. The van der Waals surface area contributed by atoms with Crippen LogP contribution in [0.4, 0.5) is 0 Å². The second kappa shape index (κ2) is 8.37. The Morgan fingerprint density at radius 3 is 1.88 bits per heavy atom. The number of carbonyl (C=O) groups is 1. The molecule has 0 saturated carbocycles. The first-order valence-corrected chi connectivity index (χ1v) is 10.1. The molecule has 0 aromatic heterocycles. The van der Waals surface area contributed by atoms with Crippen LogP contribution < -0.4 is 4.74 Å². The summed E-state index contributed by atoms with van der Waals surface area (Å²) in [5, 5.41) is 0. The van der Waals surface area contributed by atoms with E-state index in [4.69, 9.17) is 4.74 Å². The zero-order chi connectivity index (χ0) is 17.6. The number of halogens is 1. The van der Waals surface area contributed by atoms with Crippen LogP contribution in [-0.4, -0.2) is 10.8 Å². The van der Waals surface area contributed by atoms with Crippen molar-refractivity contribution in [2.45, 2.75) is 26.4 Å². The minimum Gasteiger partial charge on any atom is -0.426 e. The Kier molecular flexibility index (Phi) is 5.95. The number of hydrogen-bond acceptors (Lipinski definition) is 2. The van der Waals surface area contributed by atoms with E-state index in [0.717, 1.165) is 4.90 Å². The number of esters is 1. The van der Waals surface area contributed by atoms with Gasteiger partial charge in [-0.05, 0) is 43.3 Å². The average Bonchev–Trinajstić information content (AvgIpc) is 2.64. The highest BCUT2D eigenvalue weighted by molar-refractivity contribution is 9.10. The van der Waals surface area contributed by atoms with Gasteiger partial charge in [-0.25, -0.2) is 0 Å². The third-order valence-corrected chi connectivity index (χ3v) is 6.13. The molecule has 126 valence electrons. The summed E-state index contributed by atoms with van der Waals surface area (Å²) in [5.41, 5.74) is 0. The molecule has 1 atom stereocenters. The summed E-state index contributed by atoms with van der Waals surface area (Å²) in [4.78, 5) is 15.1. The van der Waals surface area contributed by atoms with E-state index in [1.807, 2.05) is 30.3 Å². The molecule has 0 aliphatic rings. The number of carbonyl (C=O) groups excluding carboxylic acids is 1. The zero-order valence-electron chi connectivity index (χ0n) is 13.8. The van der Waals surface area contributed by atoms with E-state index in [9.17, 15) is 4.79 Å². The SMILES string of the molecule is CC(Br)C(=O)Oc1cccc([S+](c2ccccc2)c2ccccc2)c1. The molecule has 0 saturated heterocycles. The Balaban J connectivity index is 2.01. The first-order chi connectivity index (χ1) is 12.1. The molecule has 3 aromatic rings.